The maximum atomic E-state index is 11.8. The van der Waals surface area contributed by atoms with E-state index in [-0.39, 0.29) is 24.1 Å². The van der Waals surface area contributed by atoms with Crippen molar-refractivity contribution >= 4 is 23.5 Å². The smallest absolute Gasteiger partial charge is 0.307 e. The SMILES string of the molecule is CCCc1c(OC2CCCC(Sc3ccc(CC(=O)O)cc3)C2)ccc(C(C)=O)c1O. The Labute approximate surface area is 187 Å². The molecule has 2 aromatic rings. The maximum absolute atomic E-state index is 11.8. The Bertz CT molecular complexity index is 922. The summed E-state index contributed by atoms with van der Waals surface area (Å²) in [6.45, 7) is 3.50. The molecule has 0 saturated heterocycles. The monoisotopic (exact) mass is 442 g/mol. The Morgan fingerprint density at radius 1 is 1.13 bits per heavy atom. The van der Waals surface area contributed by atoms with Gasteiger partial charge in [-0.2, -0.15) is 0 Å². The molecule has 1 saturated carbocycles. The second-order valence-electron chi connectivity index (χ2n) is 8.11. The number of aliphatic carboxylic acids is 1. The van der Waals surface area contributed by atoms with Gasteiger partial charge in [0, 0.05) is 15.7 Å². The summed E-state index contributed by atoms with van der Waals surface area (Å²) in [5, 5.41) is 19.9. The van der Waals surface area contributed by atoms with E-state index in [0.29, 0.717) is 23.0 Å². The highest BCUT2D eigenvalue weighted by atomic mass is 32.2. The van der Waals surface area contributed by atoms with E-state index in [2.05, 4.69) is 0 Å². The van der Waals surface area contributed by atoms with Gasteiger partial charge in [-0.05, 0) is 68.9 Å². The zero-order valence-corrected chi connectivity index (χ0v) is 18.9. The number of ether oxygens (including phenoxy) is 1. The van der Waals surface area contributed by atoms with Crippen LogP contribution in [0.2, 0.25) is 0 Å². The molecular formula is C25H30O5S. The third-order valence-electron chi connectivity index (χ3n) is 5.57. The normalized spacial score (nSPS) is 18.5. The standard InChI is InChI=1S/C25H30O5S/c1-3-5-22-23(13-12-21(16(2)26)25(22)29)30-18-6-4-7-20(15-18)31-19-10-8-17(9-11-19)14-24(27)28/h8-13,18,20,29H,3-7,14-15H2,1-2H3,(H,27,28). The van der Waals surface area contributed by atoms with Crippen molar-refractivity contribution in [3.63, 3.8) is 0 Å². The predicted molar refractivity (Wildman–Crippen MR) is 122 cm³/mol. The van der Waals surface area contributed by atoms with Crippen molar-refractivity contribution in [1.29, 1.82) is 0 Å². The molecule has 0 amide bonds. The summed E-state index contributed by atoms with van der Waals surface area (Å²) < 4.78 is 6.34. The van der Waals surface area contributed by atoms with Gasteiger partial charge < -0.3 is 14.9 Å². The van der Waals surface area contributed by atoms with E-state index in [9.17, 15) is 14.7 Å². The molecule has 166 valence electrons. The molecule has 0 aliphatic heterocycles. The van der Waals surface area contributed by atoms with Crippen LogP contribution in [0.15, 0.2) is 41.3 Å². The van der Waals surface area contributed by atoms with Crippen LogP contribution in [-0.2, 0) is 17.6 Å². The number of phenols is 1. The fourth-order valence-corrected chi connectivity index (χ4v) is 5.33. The largest absolute Gasteiger partial charge is 0.507 e. The molecule has 1 fully saturated rings. The fraction of sp³-hybridized carbons (Fsp3) is 0.440. The minimum atomic E-state index is -0.822. The van der Waals surface area contributed by atoms with Crippen LogP contribution < -0.4 is 4.74 Å². The Balaban J connectivity index is 1.66. The molecule has 31 heavy (non-hydrogen) atoms. The number of thioether (sulfide) groups is 1. The molecule has 1 aliphatic carbocycles. The summed E-state index contributed by atoms with van der Waals surface area (Å²) in [4.78, 5) is 23.8. The number of hydrogen-bond donors (Lipinski definition) is 2. The van der Waals surface area contributed by atoms with Crippen LogP contribution in [0.4, 0.5) is 0 Å². The van der Waals surface area contributed by atoms with Gasteiger partial charge in [-0.25, -0.2) is 0 Å². The third kappa shape index (κ3) is 6.26. The molecule has 3 rings (SSSR count). The lowest BCUT2D eigenvalue weighted by molar-refractivity contribution is -0.136. The van der Waals surface area contributed by atoms with Crippen LogP contribution in [0.1, 0.15) is 67.4 Å². The number of benzene rings is 2. The lowest BCUT2D eigenvalue weighted by Gasteiger charge is -2.30. The van der Waals surface area contributed by atoms with Crippen molar-refractivity contribution in [1.82, 2.24) is 0 Å². The number of phenolic OH excluding ortho intramolecular Hbond substituents is 1. The van der Waals surface area contributed by atoms with Gasteiger partial charge in [-0.15, -0.1) is 11.8 Å². The van der Waals surface area contributed by atoms with Gasteiger partial charge in [0.2, 0.25) is 0 Å². The van der Waals surface area contributed by atoms with Crippen LogP contribution in [-0.4, -0.2) is 33.3 Å². The van der Waals surface area contributed by atoms with E-state index in [0.717, 1.165) is 48.1 Å². The fourth-order valence-electron chi connectivity index (χ4n) is 4.05. The minimum absolute atomic E-state index is 0.0413. The van der Waals surface area contributed by atoms with Gasteiger partial charge in [0.1, 0.15) is 11.5 Å². The average molecular weight is 443 g/mol. The molecular weight excluding hydrogens is 412 g/mol. The van der Waals surface area contributed by atoms with Crippen LogP contribution >= 0.6 is 11.8 Å². The zero-order chi connectivity index (χ0) is 22.4. The number of rotatable bonds is 9. The van der Waals surface area contributed by atoms with Gasteiger partial charge >= 0.3 is 5.97 Å². The Morgan fingerprint density at radius 2 is 1.87 bits per heavy atom. The molecule has 6 heteroatoms. The molecule has 2 atom stereocenters. The van der Waals surface area contributed by atoms with E-state index in [1.54, 1.807) is 6.07 Å². The topological polar surface area (TPSA) is 83.8 Å². The number of ketones is 1. The molecule has 2 unspecified atom stereocenters. The van der Waals surface area contributed by atoms with Gasteiger partial charge in [-0.3, -0.25) is 9.59 Å². The van der Waals surface area contributed by atoms with Crippen molar-refractivity contribution in [2.45, 2.75) is 75.0 Å². The molecule has 0 spiro atoms. The van der Waals surface area contributed by atoms with Crippen LogP contribution in [0, 0.1) is 0 Å². The second-order valence-corrected chi connectivity index (χ2v) is 9.48. The first-order valence-corrected chi connectivity index (χ1v) is 11.7. The predicted octanol–water partition coefficient (Wildman–Crippen LogP) is 5.66. The third-order valence-corrected chi connectivity index (χ3v) is 6.88. The van der Waals surface area contributed by atoms with Crippen LogP contribution in [0.3, 0.4) is 0 Å². The Kier molecular flexibility index (Phi) is 8.02. The highest BCUT2D eigenvalue weighted by Crippen LogP contribution is 2.38. The first-order chi connectivity index (χ1) is 14.9. The summed E-state index contributed by atoms with van der Waals surface area (Å²) in [6, 6.07) is 11.2. The van der Waals surface area contributed by atoms with Gasteiger partial charge in [0.05, 0.1) is 18.1 Å². The first-order valence-electron chi connectivity index (χ1n) is 10.9. The number of carbonyl (C=O) groups excluding carboxylic acids is 1. The number of carbonyl (C=O) groups is 2. The average Bonchev–Trinajstić information content (AvgIpc) is 2.72. The van der Waals surface area contributed by atoms with E-state index < -0.39 is 5.97 Å². The second kappa shape index (κ2) is 10.7. The highest BCUT2D eigenvalue weighted by molar-refractivity contribution is 8.00. The van der Waals surface area contributed by atoms with Crippen molar-refractivity contribution in [2.75, 3.05) is 0 Å². The molecule has 0 aromatic heterocycles. The van der Waals surface area contributed by atoms with E-state index in [1.165, 1.54) is 6.92 Å². The number of carboxylic acids is 1. The van der Waals surface area contributed by atoms with Crippen LogP contribution in [0.5, 0.6) is 11.5 Å². The zero-order valence-electron chi connectivity index (χ0n) is 18.1. The minimum Gasteiger partial charge on any atom is -0.507 e. The van der Waals surface area contributed by atoms with Gasteiger partial charge in [-0.1, -0.05) is 25.5 Å². The highest BCUT2D eigenvalue weighted by Gasteiger charge is 2.26. The van der Waals surface area contributed by atoms with Crippen LogP contribution in [0.25, 0.3) is 0 Å². The van der Waals surface area contributed by atoms with Crippen molar-refractivity contribution in [3.8, 4) is 11.5 Å². The lowest BCUT2D eigenvalue weighted by Crippen LogP contribution is -2.27. The molecule has 2 N–H and O–H groups in total. The summed E-state index contributed by atoms with van der Waals surface area (Å²) in [5.74, 6) is -0.240. The summed E-state index contributed by atoms with van der Waals surface area (Å²) >= 11 is 1.81. The summed E-state index contributed by atoms with van der Waals surface area (Å²) in [5.41, 5.74) is 1.87. The number of hydrogen-bond acceptors (Lipinski definition) is 5. The number of carboxylic acid groups (broad SMARTS) is 1. The molecule has 0 heterocycles. The number of aromatic hydroxyl groups is 1. The molecule has 0 bridgehead atoms. The van der Waals surface area contributed by atoms with Crippen molar-refractivity contribution in [3.05, 3.63) is 53.1 Å². The summed E-state index contributed by atoms with van der Waals surface area (Å²) in [6.07, 6.45) is 5.67. The maximum Gasteiger partial charge on any atom is 0.307 e. The quantitative estimate of drug-likeness (QED) is 0.488. The lowest BCUT2D eigenvalue weighted by atomic mass is 9.96. The Morgan fingerprint density at radius 3 is 2.52 bits per heavy atom. The van der Waals surface area contributed by atoms with Gasteiger partial charge in [0.15, 0.2) is 5.78 Å². The van der Waals surface area contributed by atoms with E-state index in [4.69, 9.17) is 9.84 Å². The van der Waals surface area contributed by atoms with E-state index >= 15 is 0 Å². The van der Waals surface area contributed by atoms with E-state index in [1.807, 2.05) is 49.0 Å². The molecule has 1 aliphatic rings. The molecule has 0 radical (unpaired) electrons. The van der Waals surface area contributed by atoms with Crippen molar-refractivity contribution < 1.29 is 24.5 Å². The summed E-state index contributed by atoms with van der Waals surface area (Å²) in [7, 11) is 0. The first kappa shape index (κ1) is 23.2. The van der Waals surface area contributed by atoms with Gasteiger partial charge in [0.25, 0.3) is 0 Å². The molecule has 5 nitrogen and oxygen atoms in total. The Hall–Kier alpha value is -2.47. The number of Topliss-reactive ketones (excluding diaryl/α,β-unsaturated/α-hetero) is 1. The molecule has 2 aromatic carbocycles. The van der Waals surface area contributed by atoms with Crippen molar-refractivity contribution in [2.24, 2.45) is 0 Å².